The first-order chi connectivity index (χ1) is 13.7. The Balaban J connectivity index is 1.96. The van der Waals surface area contributed by atoms with Crippen LogP contribution in [0.1, 0.15) is 11.4 Å². The maximum absolute atomic E-state index is 12.7. The summed E-state index contributed by atoms with van der Waals surface area (Å²) in [5.74, 6) is 0.0328. The van der Waals surface area contributed by atoms with Crippen LogP contribution in [0.2, 0.25) is 5.02 Å². The summed E-state index contributed by atoms with van der Waals surface area (Å²) in [4.78, 5) is 14.7. The molecule has 152 valence electrons. The van der Waals surface area contributed by atoms with Gasteiger partial charge < -0.3 is 14.0 Å². The fourth-order valence-electron chi connectivity index (χ4n) is 2.35. The first-order valence-electron chi connectivity index (χ1n) is 7.84. The van der Waals surface area contributed by atoms with Crippen LogP contribution in [0.5, 0.6) is 11.5 Å². The minimum Gasteiger partial charge on any atom is -0.456 e. The van der Waals surface area contributed by atoms with Crippen molar-refractivity contribution in [2.75, 3.05) is 7.11 Å². The molecule has 3 rings (SSSR count). The van der Waals surface area contributed by atoms with Crippen molar-refractivity contribution in [2.45, 2.75) is 12.8 Å². The molecule has 1 aromatic heterocycles. The number of rotatable bonds is 6. The quantitative estimate of drug-likeness (QED) is 0.389. The second-order valence-electron chi connectivity index (χ2n) is 5.63. The number of ether oxygens (including phenoxy) is 2. The summed E-state index contributed by atoms with van der Waals surface area (Å²) in [6.07, 6.45) is -4.55. The maximum Gasteiger partial charge on any atom is 0.416 e. The van der Waals surface area contributed by atoms with Crippen molar-refractivity contribution in [3.63, 3.8) is 0 Å². The highest BCUT2D eigenvalue weighted by Gasteiger charge is 2.31. The predicted octanol–water partition coefficient (Wildman–Crippen LogP) is 5.26. The van der Waals surface area contributed by atoms with Gasteiger partial charge in [0.15, 0.2) is 5.82 Å². The molecule has 0 fully saturated rings. The summed E-state index contributed by atoms with van der Waals surface area (Å²) in [6, 6.07) is 6.23. The molecule has 0 saturated heterocycles. The summed E-state index contributed by atoms with van der Waals surface area (Å²) in [6.45, 7) is 0.0364. The summed E-state index contributed by atoms with van der Waals surface area (Å²) in [5, 5.41) is 14.7. The average molecular weight is 430 g/mol. The molecule has 0 amide bonds. The molecule has 12 heteroatoms. The van der Waals surface area contributed by atoms with E-state index in [-0.39, 0.29) is 46.1 Å². The van der Waals surface area contributed by atoms with Crippen molar-refractivity contribution in [1.82, 2.24) is 10.1 Å². The molecular formula is C17H11ClF3N3O5. The van der Waals surface area contributed by atoms with Gasteiger partial charge in [0.1, 0.15) is 23.7 Å². The highest BCUT2D eigenvalue weighted by atomic mass is 35.5. The van der Waals surface area contributed by atoms with E-state index in [1.807, 2.05) is 0 Å². The number of benzene rings is 2. The van der Waals surface area contributed by atoms with Gasteiger partial charge in [-0.25, -0.2) is 0 Å². The number of nitro benzene ring substituents is 1. The van der Waals surface area contributed by atoms with Crippen LogP contribution >= 0.6 is 11.6 Å². The van der Waals surface area contributed by atoms with E-state index in [4.69, 9.17) is 25.6 Å². The zero-order valence-electron chi connectivity index (χ0n) is 14.6. The van der Waals surface area contributed by atoms with Crippen LogP contribution < -0.4 is 4.74 Å². The van der Waals surface area contributed by atoms with Crippen molar-refractivity contribution >= 4 is 17.3 Å². The monoisotopic (exact) mass is 429 g/mol. The molecule has 0 unspecified atom stereocenters. The van der Waals surface area contributed by atoms with Crippen molar-refractivity contribution in [3.8, 4) is 23.0 Å². The third-order valence-corrected chi connectivity index (χ3v) is 3.92. The SMILES string of the molecule is COCc1noc(-c2cc(Oc3ccc(C(F)(F)F)cc3Cl)ccc2[N+](=O)[O-])n1. The van der Waals surface area contributed by atoms with E-state index in [2.05, 4.69) is 10.1 Å². The van der Waals surface area contributed by atoms with E-state index >= 15 is 0 Å². The molecule has 0 aliphatic carbocycles. The number of aromatic nitrogens is 2. The van der Waals surface area contributed by atoms with Crippen LogP contribution in [0.25, 0.3) is 11.5 Å². The van der Waals surface area contributed by atoms with Gasteiger partial charge in [-0.15, -0.1) is 0 Å². The lowest BCUT2D eigenvalue weighted by Gasteiger charge is -2.11. The summed E-state index contributed by atoms with van der Waals surface area (Å²) >= 11 is 5.87. The van der Waals surface area contributed by atoms with Crippen molar-refractivity contribution in [2.24, 2.45) is 0 Å². The van der Waals surface area contributed by atoms with Crippen LogP contribution in [0.3, 0.4) is 0 Å². The minimum atomic E-state index is -4.55. The first-order valence-corrected chi connectivity index (χ1v) is 8.21. The molecule has 0 atom stereocenters. The van der Waals surface area contributed by atoms with E-state index < -0.39 is 16.7 Å². The smallest absolute Gasteiger partial charge is 0.416 e. The number of alkyl halides is 3. The van der Waals surface area contributed by atoms with Crippen molar-refractivity contribution < 1.29 is 32.1 Å². The van der Waals surface area contributed by atoms with E-state index in [0.717, 1.165) is 24.3 Å². The molecule has 2 aromatic carbocycles. The molecule has 0 aliphatic heterocycles. The van der Waals surface area contributed by atoms with Crippen LogP contribution in [-0.4, -0.2) is 22.2 Å². The van der Waals surface area contributed by atoms with Gasteiger partial charge in [-0.3, -0.25) is 10.1 Å². The normalized spacial score (nSPS) is 11.5. The zero-order valence-corrected chi connectivity index (χ0v) is 15.3. The molecule has 0 radical (unpaired) electrons. The zero-order chi connectivity index (χ0) is 21.2. The highest BCUT2D eigenvalue weighted by molar-refractivity contribution is 6.32. The number of nitro groups is 1. The Morgan fingerprint density at radius 2 is 2.00 bits per heavy atom. The summed E-state index contributed by atoms with van der Waals surface area (Å²) in [7, 11) is 1.42. The Kier molecular flexibility index (Phi) is 5.71. The second-order valence-corrected chi connectivity index (χ2v) is 6.04. The van der Waals surface area contributed by atoms with Gasteiger partial charge in [0.05, 0.1) is 15.5 Å². The van der Waals surface area contributed by atoms with Crippen LogP contribution in [0.15, 0.2) is 40.9 Å². The molecular weight excluding hydrogens is 419 g/mol. The third kappa shape index (κ3) is 4.63. The first kappa shape index (κ1) is 20.6. The largest absolute Gasteiger partial charge is 0.456 e. The lowest BCUT2D eigenvalue weighted by atomic mass is 10.1. The highest BCUT2D eigenvalue weighted by Crippen LogP contribution is 2.38. The third-order valence-electron chi connectivity index (χ3n) is 3.62. The standard InChI is InChI=1S/C17H11ClF3N3O5/c1-27-8-15-22-16(29-23-15)11-7-10(3-4-13(11)24(25)26)28-14-5-2-9(6-12(14)18)17(19,20)21/h2-7H,8H2,1H3. The second kappa shape index (κ2) is 8.05. The number of hydrogen-bond acceptors (Lipinski definition) is 7. The van der Waals surface area contributed by atoms with Gasteiger partial charge in [0.2, 0.25) is 0 Å². The summed E-state index contributed by atoms with van der Waals surface area (Å²) < 4.78 is 53.6. The van der Waals surface area contributed by atoms with Gasteiger partial charge in [-0.05, 0) is 24.3 Å². The molecule has 0 aliphatic rings. The number of halogens is 4. The Morgan fingerprint density at radius 3 is 2.62 bits per heavy atom. The van der Waals surface area contributed by atoms with Gasteiger partial charge in [0.25, 0.3) is 11.6 Å². The predicted molar refractivity (Wildman–Crippen MR) is 93.6 cm³/mol. The molecule has 29 heavy (non-hydrogen) atoms. The number of hydrogen-bond donors (Lipinski definition) is 0. The lowest BCUT2D eigenvalue weighted by Crippen LogP contribution is -2.04. The molecule has 1 heterocycles. The molecule has 0 bridgehead atoms. The van der Waals surface area contributed by atoms with Gasteiger partial charge >= 0.3 is 6.18 Å². The van der Waals surface area contributed by atoms with Crippen LogP contribution in [-0.2, 0) is 17.5 Å². The van der Waals surface area contributed by atoms with Crippen LogP contribution in [0.4, 0.5) is 18.9 Å². The van der Waals surface area contributed by atoms with E-state index in [9.17, 15) is 23.3 Å². The van der Waals surface area contributed by atoms with E-state index in [0.29, 0.717) is 0 Å². The number of nitrogens with zero attached hydrogens (tertiary/aromatic N) is 3. The van der Waals surface area contributed by atoms with E-state index in [1.54, 1.807) is 0 Å². The minimum absolute atomic E-state index is 0.0364. The Bertz CT molecular complexity index is 1060. The fourth-order valence-corrected chi connectivity index (χ4v) is 2.57. The van der Waals surface area contributed by atoms with Crippen molar-refractivity contribution in [3.05, 3.63) is 62.9 Å². The fraction of sp³-hybridized carbons (Fsp3) is 0.176. The molecule has 8 nitrogen and oxygen atoms in total. The van der Waals surface area contributed by atoms with Gasteiger partial charge in [0, 0.05) is 19.2 Å². The summed E-state index contributed by atoms with van der Waals surface area (Å²) in [5.41, 5.74) is -1.30. The average Bonchev–Trinajstić information content (AvgIpc) is 3.11. The van der Waals surface area contributed by atoms with Crippen molar-refractivity contribution in [1.29, 1.82) is 0 Å². The Morgan fingerprint density at radius 1 is 1.24 bits per heavy atom. The Hall–Kier alpha value is -3.18. The van der Waals surface area contributed by atoms with Crippen LogP contribution in [0, 0.1) is 10.1 Å². The Labute approximate surface area is 166 Å². The van der Waals surface area contributed by atoms with Gasteiger partial charge in [-0.2, -0.15) is 18.2 Å². The number of methoxy groups -OCH3 is 1. The maximum atomic E-state index is 12.7. The topological polar surface area (TPSA) is 101 Å². The molecule has 3 aromatic rings. The molecule has 0 saturated carbocycles. The molecule has 0 N–H and O–H groups in total. The van der Waals surface area contributed by atoms with E-state index in [1.165, 1.54) is 19.2 Å². The molecule has 0 spiro atoms. The lowest BCUT2D eigenvalue weighted by molar-refractivity contribution is -0.384. The van der Waals surface area contributed by atoms with Gasteiger partial charge in [-0.1, -0.05) is 16.8 Å².